The van der Waals surface area contributed by atoms with E-state index in [0.717, 1.165) is 24.0 Å². The third kappa shape index (κ3) is 3.05. The first-order chi connectivity index (χ1) is 8.20. The first-order valence-electron chi connectivity index (χ1n) is 6.30. The van der Waals surface area contributed by atoms with Crippen molar-refractivity contribution in [2.24, 2.45) is 5.92 Å². The maximum Gasteiger partial charge on any atom is 0.123 e. The number of halogens is 1. The van der Waals surface area contributed by atoms with E-state index >= 15 is 0 Å². The van der Waals surface area contributed by atoms with E-state index in [1.807, 2.05) is 13.0 Å². The Bertz CT molecular complexity index is 380. The smallest absolute Gasteiger partial charge is 0.123 e. The van der Waals surface area contributed by atoms with Crippen LogP contribution in [-0.2, 0) is 6.54 Å². The van der Waals surface area contributed by atoms with E-state index in [4.69, 9.17) is 0 Å². The van der Waals surface area contributed by atoms with Gasteiger partial charge in [-0.05, 0) is 48.9 Å². The molecular formula is C14H20FNO. The highest BCUT2D eigenvalue weighted by Gasteiger charge is 2.25. The zero-order valence-corrected chi connectivity index (χ0v) is 10.2. The highest BCUT2D eigenvalue weighted by atomic mass is 19.1. The second-order valence-electron chi connectivity index (χ2n) is 4.93. The number of benzene rings is 1. The molecule has 1 aliphatic carbocycles. The molecule has 3 heteroatoms. The van der Waals surface area contributed by atoms with Crippen LogP contribution in [0.1, 0.15) is 30.4 Å². The van der Waals surface area contributed by atoms with Gasteiger partial charge >= 0.3 is 0 Å². The fourth-order valence-electron chi connectivity index (χ4n) is 2.60. The molecule has 1 aliphatic rings. The van der Waals surface area contributed by atoms with Gasteiger partial charge in [0.25, 0.3) is 0 Å². The average Bonchev–Trinajstić information content (AvgIpc) is 2.77. The molecule has 0 bridgehead atoms. The molecule has 1 saturated carbocycles. The molecule has 1 aromatic rings. The van der Waals surface area contributed by atoms with Gasteiger partial charge in [-0.25, -0.2) is 4.39 Å². The molecule has 0 amide bonds. The summed E-state index contributed by atoms with van der Waals surface area (Å²) in [4.78, 5) is 0. The monoisotopic (exact) mass is 237 g/mol. The Hall–Kier alpha value is -0.930. The van der Waals surface area contributed by atoms with Crippen LogP contribution in [0.2, 0.25) is 0 Å². The van der Waals surface area contributed by atoms with Crippen molar-refractivity contribution < 1.29 is 9.50 Å². The molecule has 2 atom stereocenters. The Kier molecular flexibility index (Phi) is 4.13. The lowest BCUT2D eigenvalue weighted by Crippen LogP contribution is -2.33. The number of hydrogen-bond donors (Lipinski definition) is 2. The van der Waals surface area contributed by atoms with Gasteiger partial charge in [-0.2, -0.15) is 0 Å². The van der Waals surface area contributed by atoms with Crippen LogP contribution in [0.4, 0.5) is 4.39 Å². The average molecular weight is 237 g/mol. The molecular weight excluding hydrogens is 217 g/mol. The topological polar surface area (TPSA) is 32.3 Å². The largest absolute Gasteiger partial charge is 0.396 e. The van der Waals surface area contributed by atoms with E-state index in [1.165, 1.54) is 12.5 Å². The van der Waals surface area contributed by atoms with Crippen molar-refractivity contribution in [3.8, 4) is 0 Å². The van der Waals surface area contributed by atoms with Crippen molar-refractivity contribution in [2.75, 3.05) is 6.61 Å². The summed E-state index contributed by atoms with van der Waals surface area (Å²) in [7, 11) is 0. The summed E-state index contributed by atoms with van der Waals surface area (Å²) in [5, 5.41) is 12.7. The van der Waals surface area contributed by atoms with Crippen molar-refractivity contribution in [3.63, 3.8) is 0 Å². The van der Waals surface area contributed by atoms with Crippen molar-refractivity contribution in [2.45, 2.75) is 38.8 Å². The molecule has 17 heavy (non-hydrogen) atoms. The number of hydrogen-bond acceptors (Lipinski definition) is 2. The van der Waals surface area contributed by atoms with Crippen LogP contribution >= 0.6 is 0 Å². The lowest BCUT2D eigenvalue weighted by atomic mass is 10.0. The number of aliphatic hydroxyl groups is 1. The molecule has 1 aromatic carbocycles. The van der Waals surface area contributed by atoms with Gasteiger partial charge in [-0.3, -0.25) is 0 Å². The van der Waals surface area contributed by atoms with Crippen molar-refractivity contribution in [1.29, 1.82) is 0 Å². The minimum atomic E-state index is -0.183. The predicted molar refractivity (Wildman–Crippen MR) is 66.2 cm³/mol. The Morgan fingerprint density at radius 2 is 2.24 bits per heavy atom. The summed E-state index contributed by atoms with van der Waals surface area (Å²) in [5.74, 6) is 0.182. The van der Waals surface area contributed by atoms with Crippen LogP contribution in [0.25, 0.3) is 0 Å². The molecule has 94 valence electrons. The van der Waals surface area contributed by atoms with Gasteiger partial charge in [0.15, 0.2) is 0 Å². The number of aryl methyl sites for hydroxylation is 1. The maximum atomic E-state index is 13.1. The van der Waals surface area contributed by atoms with Crippen molar-refractivity contribution in [1.82, 2.24) is 5.32 Å². The van der Waals surface area contributed by atoms with E-state index in [-0.39, 0.29) is 12.4 Å². The third-order valence-electron chi connectivity index (χ3n) is 3.76. The molecule has 2 nitrogen and oxygen atoms in total. The molecule has 0 spiro atoms. The van der Waals surface area contributed by atoms with Gasteiger partial charge in [0, 0.05) is 19.2 Å². The zero-order valence-electron chi connectivity index (χ0n) is 10.2. The molecule has 0 aromatic heterocycles. The van der Waals surface area contributed by atoms with Crippen molar-refractivity contribution in [3.05, 3.63) is 35.1 Å². The first kappa shape index (κ1) is 12.5. The summed E-state index contributed by atoms with van der Waals surface area (Å²) < 4.78 is 13.1. The molecule has 1 fully saturated rings. The Labute approximate surface area is 102 Å². The summed E-state index contributed by atoms with van der Waals surface area (Å²) in [6.45, 7) is 2.93. The lowest BCUT2D eigenvalue weighted by molar-refractivity contribution is 0.205. The standard InChI is InChI=1S/C14H20FNO/c1-10-5-6-13(15)7-12(10)8-16-14-4-2-3-11(14)9-17/h5-7,11,14,16-17H,2-4,8-9H2,1H3. The molecule has 0 heterocycles. The van der Waals surface area contributed by atoms with Crippen LogP contribution in [0.5, 0.6) is 0 Å². The van der Waals surface area contributed by atoms with Crippen LogP contribution in [-0.4, -0.2) is 17.8 Å². The van der Waals surface area contributed by atoms with E-state index in [9.17, 15) is 9.50 Å². The second kappa shape index (κ2) is 5.61. The van der Waals surface area contributed by atoms with Crippen LogP contribution < -0.4 is 5.32 Å². The van der Waals surface area contributed by atoms with Gasteiger partial charge in [-0.15, -0.1) is 0 Å². The fourth-order valence-corrected chi connectivity index (χ4v) is 2.60. The van der Waals surface area contributed by atoms with Gasteiger partial charge in [0.2, 0.25) is 0 Å². The second-order valence-corrected chi connectivity index (χ2v) is 4.93. The minimum absolute atomic E-state index is 0.183. The Morgan fingerprint density at radius 3 is 3.00 bits per heavy atom. The Balaban J connectivity index is 1.95. The zero-order chi connectivity index (χ0) is 12.3. The molecule has 0 radical (unpaired) electrons. The molecule has 2 N–H and O–H groups in total. The first-order valence-corrected chi connectivity index (χ1v) is 6.30. The van der Waals surface area contributed by atoms with Crippen LogP contribution in [0, 0.1) is 18.7 Å². The molecule has 2 unspecified atom stereocenters. The summed E-state index contributed by atoms with van der Waals surface area (Å²) in [6, 6.07) is 5.27. The third-order valence-corrected chi connectivity index (χ3v) is 3.76. The van der Waals surface area contributed by atoms with E-state index < -0.39 is 0 Å². The normalized spacial score (nSPS) is 24.2. The molecule has 0 saturated heterocycles. The van der Waals surface area contributed by atoms with E-state index in [1.54, 1.807) is 6.07 Å². The van der Waals surface area contributed by atoms with Crippen LogP contribution in [0.3, 0.4) is 0 Å². The lowest BCUT2D eigenvalue weighted by Gasteiger charge is -2.19. The summed E-state index contributed by atoms with van der Waals surface area (Å²) >= 11 is 0. The maximum absolute atomic E-state index is 13.1. The van der Waals surface area contributed by atoms with Gasteiger partial charge in [0.1, 0.15) is 5.82 Å². The summed E-state index contributed by atoms with van der Waals surface area (Å²) in [6.07, 6.45) is 3.38. The highest BCUT2D eigenvalue weighted by Crippen LogP contribution is 2.25. The number of nitrogens with one attached hydrogen (secondary N) is 1. The number of rotatable bonds is 4. The van der Waals surface area contributed by atoms with Crippen LogP contribution in [0.15, 0.2) is 18.2 Å². The highest BCUT2D eigenvalue weighted by molar-refractivity contribution is 5.26. The Morgan fingerprint density at radius 1 is 1.41 bits per heavy atom. The number of aliphatic hydroxyl groups excluding tert-OH is 1. The van der Waals surface area contributed by atoms with Gasteiger partial charge in [-0.1, -0.05) is 12.5 Å². The van der Waals surface area contributed by atoms with Gasteiger partial charge in [0.05, 0.1) is 0 Å². The van der Waals surface area contributed by atoms with E-state index in [0.29, 0.717) is 18.5 Å². The fraction of sp³-hybridized carbons (Fsp3) is 0.571. The summed E-state index contributed by atoms with van der Waals surface area (Å²) in [5.41, 5.74) is 2.12. The quantitative estimate of drug-likeness (QED) is 0.842. The van der Waals surface area contributed by atoms with Gasteiger partial charge < -0.3 is 10.4 Å². The molecule has 2 rings (SSSR count). The predicted octanol–water partition coefficient (Wildman–Crippen LogP) is 2.38. The molecule has 0 aliphatic heterocycles. The van der Waals surface area contributed by atoms with E-state index in [2.05, 4.69) is 5.32 Å². The SMILES string of the molecule is Cc1ccc(F)cc1CNC1CCCC1CO. The minimum Gasteiger partial charge on any atom is -0.396 e. The van der Waals surface area contributed by atoms with Crippen molar-refractivity contribution >= 4 is 0 Å².